The van der Waals surface area contributed by atoms with E-state index in [0.717, 1.165) is 23.7 Å². The van der Waals surface area contributed by atoms with Crippen LogP contribution in [0.4, 0.5) is 4.79 Å². The number of nitrogens with one attached hydrogen (secondary N) is 2. The predicted molar refractivity (Wildman–Crippen MR) is 132 cm³/mol. The summed E-state index contributed by atoms with van der Waals surface area (Å²) in [4.78, 5) is 24.4. The molecule has 0 saturated heterocycles. The Balaban J connectivity index is 2.13. The zero-order chi connectivity index (χ0) is 24.5. The molecule has 2 N–H and O–H groups in total. The SMILES string of the molecule is CC[Si](CC)(CC)O[C@@H](CCNC(=O)OC(C)(C)C)[C@@H]1NC(=O)C=C1OCc1ccccc1. The summed E-state index contributed by atoms with van der Waals surface area (Å²) >= 11 is 0. The summed E-state index contributed by atoms with van der Waals surface area (Å²) in [6.45, 7) is 12.8. The summed E-state index contributed by atoms with van der Waals surface area (Å²) in [5.74, 6) is 0.394. The van der Waals surface area contributed by atoms with Crippen LogP contribution in [0.25, 0.3) is 0 Å². The van der Waals surface area contributed by atoms with Gasteiger partial charge in [-0.2, -0.15) is 0 Å². The lowest BCUT2D eigenvalue weighted by Gasteiger charge is -2.36. The number of hydrogen-bond donors (Lipinski definition) is 2. The van der Waals surface area contributed by atoms with E-state index in [0.29, 0.717) is 25.3 Å². The highest BCUT2D eigenvalue weighted by Crippen LogP contribution is 2.29. The highest BCUT2D eigenvalue weighted by atomic mass is 28.4. The second-order valence-corrected chi connectivity index (χ2v) is 14.1. The first-order valence-electron chi connectivity index (χ1n) is 11.9. The van der Waals surface area contributed by atoms with Crippen molar-refractivity contribution in [2.75, 3.05) is 6.54 Å². The van der Waals surface area contributed by atoms with Crippen molar-refractivity contribution in [1.29, 1.82) is 0 Å². The molecule has 2 amide bonds. The summed E-state index contributed by atoms with van der Waals surface area (Å²) in [6, 6.07) is 12.4. The molecule has 0 aliphatic carbocycles. The molecular formula is C25H40N2O5Si. The van der Waals surface area contributed by atoms with E-state index in [2.05, 4.69) is 31.4 Å². The highest BCUT2D eigenvalue weighted by molar-refractivity contribution is 6.73. The summed E-state index contributed by atoms with van der Waals surface area (Å²) in [5, 5.41) is 5.83. The molecule has 0 aromatic heterocycles. The van der Waals surface area contributed by atoms with Crippen LogP contribution in [0, 0.1) is 0 Å². The summed E-state index contributed by atoms with van der Waals surface area (Å²) in [5.41, 5.74) is 0.468. The lowest BCUT2D eigenvalue weighted by molar-refractivity contribution is -0.116. The van der Waals surface area contributed by atoms with Crippen LogP contribution in [0.15, 0.2) is 42.2 Å². The van der Waals surface area contributed by atoms with Crippen LogP contribution in [0.5, 0.6) is 0 Å². The van der Waals surface area contributed by atoms with E-state index in [-0.39, 0.29) is 12.0 Å². The number of hydrogen-bond acceptors (Lipinski definition) is 5. The van der Waals surface area contributed by atoms with Crippen molar-refractivity contribution >= 4 is 20.3 Å². The van der Waals surface area contributed by atoms with Gasteiger partial charge in [0.1, 0.15) is 24.0 Å². The maximum atomic E-state index is 12.3. The molecule has 1 aromatic rings. The summed E-state index contributed by atoms with van der Waals surface area (Å²) in [6.07, 6.45) is 1.28. The summed E-state index contributed by atoms with van der Waals surface area (Å²) in [7, 11) is -1.98. The standard InChI is InChI=1S/C25H40N2O5Si/c1-7-33(8-2,9-3)32-20(15-16-26-24(29)31-25(4,5)6)23-21(17-22(28)27-23)30-18-19-13-11-10-12-14-19/h10-14,17,20,23H,7-9,15-16,18H2,1-6H3,(H,26,29)(H,27,28)/t20-,23-/m0/s1. The molecule has 1 aliphatic heterocycles. The number of amides is 2. The van der Waals surface area contributed by atoms with E-state index < -0.39 is 26.1 Å². The Hall–Kier alpha value is -2.32. The fourth-order valence-corrected chi connectivity index (χ4v) is 6.78. The normalized spacial score (nSPS) is 17.2. The average molecular weight is 477 g/mol. The van der Waals surface area contributed by atoms with Crippen LogP contribution in [-0.4, -0.2) is 44.6 Å². The number of carbonyl (C=O) groups excluding carboxylic acids is 2. The number of benzene rings is 1. The predicted octanol–water partition coefficient (Wildman–Crippen LogP) is 4.89. The van der Waals surface area contributed by atoms with Crippen molar-refractivity contribution in [1.82, 2.24) is 10.6 Å². The molecule has 8 heteroatoms. The van der Waals surface area contributed by atoms with Gasteiger partial charge in [-0.05, 0) is 50.9 Å². The van der Waals surface area contributed by atoms with Crippen LogP contribution in [0.2, 0.25) is 18.1 Å². The Kier molecular flexibility index (Phi) is 9.98. The first kappa shape index (κ1) is 26.9. The lowest BCUT2D eigenvalue weighted by atomic mass is 10.1. The van der Waals surface area contributed by atoms with Crippen LogP contribution in [-0.2, 0) is 25.3 Å². The monoisotopic (exact) mass is 476 g/mol. The number of rotatable bonds is 12. The number of alkyl carbamates (subject to hydrolysis) is 1. The smallest absolute Gasteiger partial charge is 0.407 e. The largest absolute Gasteiger partial charge is 0.491 e. The quantitative estimate of drug-likeness (QED) is 0.420. The molecule has 1 heterocycles. The summed E-state index contributed by atoms with van der Waals surface area (Å²) < 4.78 is 18.2. The van der Waals surface area contributed by atoms with Gasteiger partial charge in [-0.15, -0.1) is 0 Å². The van der Waals surface area contributed by atoms with Crippen molar-refractivity contribution in [3.8, 4) is 0 Å². The van der Waals surface area contributed by atoms with Crippen LogP contribution in [0.3, 0.4) is 0 Å². The highest BCUT2D eigenvalue weighted by Gasteiger charge is 2.39. The van der Waals surface area contributed by atoms with Crippen molar-refractivity contribution < 1.29 is 23.5 Å². The van der Waals surface area contributed by atoms with E-state index in [4.69, 9.17) is 13.9 Å². The minimum absolute atomic E-state index is 0.187. The molecule has 0 unspecified atom stereocenters. The van der Waals surface area contributed by atoms with E-state index in [9.17, 15) is 9.59 Å². The topological polar surface area (TPSA) is 85.9 Å². The first-order chi connectivity index (χ1) is 15.6. The fraction of sp³-hybridized carbons (Fsp3) is 0.600. The third-order valence-corrected chi connectivity index (χ3v) is 10.6. The molecule has 0 fully saturated rings. The fourth-order valence-electron chi connectivity index (χ4n) is 3.88. The minimum Gasteiger partial charge on any atom is -0.491 e. The van der Waals surface area contributed by atoms with Crippen LogP contribution in [0.1, 0.15) is 53.5 Å². The molecule has 184 valence electrons. The van der Waals surface area contributed by atoms with E-state index in [1.54, 1.807) is 0 Å². The third kappa shape index (κ3) is 8.51. The Morgan fingerprint density at radius 2 is 1.76 bits per heavy atom. The van der Waals surface area contributed by atoms with E-state index >= 15 is 0 Å². The van der Waals surface area contributed by atoms with Gasteiger partial charge in [0.25, 0.3) is 0 Å². The third-order valence-electron chi connectivity index (χ3n) is 5.93. The maximum Gasteiger partial charge on any atom is 0.407 e. The molecule has 1 aliphatic rings. The molecule has 2 atom stereocenters. The van der Waals surface area contributed by atoms with Crippen LogP contribution >= 0.6 is 0 Å². The average Bonchev–Trinajstić information content (AvgIpc) is 3.15. The number of ether oxygens (including phenoxy) is 2. The molecular weight excluding hydrogens is 436 g/mol. The van der Waals surface area contributed by atoms with Crippen molar-refractivity contribution in [3.05, 3.63) is 47.7 Å². The van der Waals surface area contributed by atoms with Gasteiger partial charge in [-0.1, -0.05) is 51.1 Å². The zero-order valence-corrected chi connectivity index (χ0v) is 21.9. The van der Waals surface area contributed by atoms with Crippen molar-refractivity contribution in [2.24, 2.45) is 0 Å². The maximum absolute atomic E-state index is 12.3. The Morgan fingerprint density at radius 1 is 1.12 bits per heavy atom. The Labute approximate surface area is 199 Å². The second-order valence-electron chi connectivity index (χ2n) is 9.42. The lowest BCUT2D eigenvalue weighted by Crippen LogP contribution is -2.50. The van der Waals surface area contributed by atoms with Gasteiger partial charge in [0.05, 0.1) is 6.10 Å². The van der Waals surface area contributed by atoms with Gasteiger partial charge < -0.3 is 24.5 Å². The molecule has 0 radical (unpaired) electrons. The molecule has 0 saturated carbocycles. The first-order valence-corrected chi connectivity index (χ1v) is 14.5. The number of carbonyl (C=O) groups is 2. The minimum atomic E-state index is -1.98. The second kappa shape index (κ2) is 12.2. The van der Waals surface area contributed by atoms with Gasteiger partial charge in [-0.25, -0.2) is 4.79 Å². The van der Waals surface area contributed by atoms with Gasteiger partial charge in [0, 0.05) is 12.6 Å². The molecule has 2 rings (SSSR count). The van der Waals surface area contributed by atoms with Crippen molar-refractivity contribution in [3.63, 3.8) is 0 Å². The van der Waals surface area contributed by atoms with E-state index in [1.165, 1.54) is 6.08 Å². The van der Waals surface area contributed by atoms with Gasteiger partial charge in [0.2, 0.25) is 5.91 Å². The van der Waals surface area contributed by atoms with Gasteiger partial charge >= 0.3 is 6.09 Å². The van der Waals surface area contributed by atoms with Gasteiger partial charge in [-0.3, -0.25) is 4.79 Å². The molecule has 7 nitrogen and oxygen atoms in total. The molecule has 0 bridgehead atoms. The molecule has 1 aromatic carbocycles. The van der Waals surface area contributed by atoms with E-state index in [1.807, 2.05) is 51.1 Å². The zero-order valence-electron chi connectivity index (χ0n) is 20.9. The Morgan fingerprint density at radius 3 is 2.33 bits per heavy atom. The molecule has 0 spiro atoms. The Bertz CT molecular complexity index is 795. The molecule has 33 heavy (non-hydrogen) atoms. The van der Waals surface area contributed by atoms with Gasteiger partial charge in [0.15, 0.2) is 8.32 Å². The van der Waals surface area contributed by atoms with Crippen LogP contribution < -0.4 is 10.6 Å². The van der Waals surface area contributed by atoms with Crippen molar-refractivity contribution in [2.45, 2.75) is 90.4 Å².